The van der Waals surface area contributed by atoms with Gasteiger partial charge in [0, 0.05) is 17.5 Å². The Morgan fingerprint density at radius 2 is 1.78 bits per heavy atom. The first-order valence-corrected chi connectivity index (χ1v) is 11.1. The van der Waals surface area contributed by atoms with Crippen LogP contribution >= 0.6 is 0 Å². The molecule has 6 heteroatoms. The Bertz CT molecular complexity index is 976. The van der Waals surface area contributed by atoms with E-state index in [1.807, 2.05) is 55.5 Å². The van der Waals surface area contributed by atoms with E-state index in [1.54, 1.807) is 6.92 Å². The molecular formula is C26H33N3O3. The van der Waals surface area contributed by atoms with Gasteiger partial charge in [-0.15, -0.1) is 0 Å². The minimum absolute atomic E-state index is 0.156. The Kier molecular flexibility index (Phi) is 10.2. The highest BCUT2D eigenvalue weighted by atomic mass is 16.5. The van der Waals surface area contributed by atoms with Gasteiger partial charge in [-0.1, -0.05) is 43.7 Å². The highest BCUT2D eigenvalue weighted by molar-refractivity contribution is 5.94. The molecule has 0 fully saturated rings. The highest BCUT2D eigenvalue weighted by Gasteiger charge is 2.07. The fourth-order valence-electron chi connectivity index (χ4n) is 3.05. The summed E-state index contributed by atoms with van der Waals surface area (Å²) in [6.07, 6.45) is 3.57. The van der Waals surface area contributed by atoms with Gasteiger partial charge in [0.15, 0.2) is 0 Å². The van der Waals surface area contributed by atoms with E-state index in [9.17, 15) is 9.59 Å². The molecule has 0 unspecified atom stereocenters. The molecule has 3 N–H and O–H groups in total. The number of aromatic nitrogens is 1. The lowest BCUT2D eigenvalue weighted by Gasteiger charge is -2.06. The van der Waals surface area contributed by atoms with Crippen LogP contribution in [0.5, 0.6) is 0 Å². The molecule has 0 bridgehead atoms. The maximum Gasteiger partial charge on any atom is 0.307 e. The van der Waals surface area contributed by atoms with Crippen LogP contribution in [0, 0.1) is 6.92 Å². The fourth-order valence-corrected chi connectivity index (χ4v) is 3.05. The van der Waals surface area contributed by atoms with Crippen molar-refractivity contribution in [2.75, 3.05) is 18.9 Å². The zero-order valence-electron chi connectivity index (χ0n) is 19.2. The normalized spacial score (nSPS) is 10.2. The van der Waals surface area contributed by atoms with Crippen molar-refractivity contribution < 1.29 is 14.3 Å². The number of hydrogen-bond donors (Lipinski definition) is 2. The number of rotatable bonds is 8. The predicted octanol–water partition coefficient (Wildman–Crippen LogP) is 4.84. The molecule has 0 atom stereocenters. The summed E-state index contributed by atoms with van der Waals surface area (Å²) in [6, 6.07) is 17.6. The molecule has 1 heterocycles. The number of amides is 1. The zero-order valence-corrected chi connectivity index (χ0v) is 19.2. The van der Waals surface area contributed by atoms with Crippen molar-refractivity contribution in [2.24, 2.45) is 0 Å². The third-order valence-corrected chi connectivity index (χ3v) is 4.91. The van der Waals surface area contributed by atoms with Crippen LogP contribution in [0.25, 0.3) is 10.9 Å². The van der Waals surface area contributed by atoms with Crippen molar-refractivity contribution in [1.82, 2.24) is 10.3 Å². The van der Waals surface area contributed by atoms with Gasteiger partial charge in [-0.3, -0.25) is 9.59 Å². The van der Waals surface area contributed by atoms with Crippen LogP contribution in [-0.2, 0) is 16.0 Å². The molecule has 1 aromatic heterocycles. The van der Waals surface area contributed by atoms with Gasteiger partial charge in [-0.05, 0) is 62.1 Å². The van der Waals surface area contributed by atoms with Crippen molar-refractivity contribution in [3.8, 4) is 0 Å². The van der Waals surface area contributed by atoms with E-state index in [0.717, 1.165) is 35.7 Å². The molecule has 170 valence electrons. The summed E-state index contributed by atoms with van der Waals surface area (Å²) in [5.41, 5.74) is 9.53. The first-order valence-electron chi connectivity index (χ1n) is 11.1. The molecule has 3 aromatic rings. The lowest BCUT2D eigenvalue weighted by atomic mass is 10.1. The van der Waals surface area contributed by atoms with Crippen molar-refractivity contribution in [2.45, 2.75) is 46.5 Å². The molecule has 3 rings (SSSR count). The Morgan fingerprint density at radius 1 is 1.06 bits per heavy atom. The Labute approximate surface area is 190 Å². The standard InChI is InChI=1S/C16H23NO3.C10H10N2/c1-3-5-6-13-7-9-14(10-8-13)16(19)17-12-11-15(18)20-4-2;1-7-6-8-4-2-3-5-9(8)12-10(7)11/h7-10H,3-6,11-12H2,1-2H3,(H,17,19);2-6H,1H3,(H2,11,12). The zero-order chi connectivity index (χ0) is 23.3. The summed E-state index contributed by atoms with van der Waals surface area (Å²) in [4.78, 5) is 27.2. The first-order chi connectivity index (χ1) is 15.4. The molecule has 2 aromatic carbocycles. The third kappa shape index (κ3) is 8.02. The Morgan fingerprint density at radius 3 is 2.47 bits per heavy atom. The van der Waals surface area contributed by atoms with Crippen molar-refractivity contribution in [3.63, 3.8) is 0 Å². The monoisotopic (exact) mass is 435 g/mol. The average molecular weight is 436 g/mol. The molecule has 6 nitrogen and oxygen atoms in total. The number of pyridine rings is 1. The summed E-state index contributed by atoms with van der Waals surface area (Å²) in [6.45, 7) is 6.55. The van der Waals surface area contributed by atoms with Gasteiger partial charge in [-0.2, -0.15) is 0 Å². The van der Waals surface area contributed by atoms with Crippen molar-refractivity contribution >= 4 is 28.6 Å². The SMILES string of the molecule is CCCCc1ccc(C(=O)NCCC(=O)OCC)cc1.Cc1cc2ccccc2nc1N. The van der Waals surface area contributed by atoms with E-state index < -0.39 is 0 Å². The number of unbranched alkanes of at least 4 members (excludes halogenated alkanes) is 1. The second-order valence-electron chi connectivity index (χ2n) is 7.49. The minimum atomic E-state index is -0.289. The summed E-state index contributed by atoms with van der Waals surface area (Å²) in [5, 5.41) is 3.85. The number of benzene rings is 2. The van der Waals surface area contributed by atoms with Crippen LogP contribution in [0.1, 0.15) is 54.6 Å². The smallest absolute Gasteiger partial charge is 0.307 e. The number of carbonyl (C=O) groups excluding carboxylic acids is 2. The van der Waals surface area contributed by atoms with E-state index in [1.165, 1.54) is 5.56 Å². The average Bonchev–Trinajstić information content (AvgIpc) is 2.79. The second-order valence-corrected chi connectivity index (χ2v) is 7.49. The van der Waals surface area contributed by atoms with Gasteiger partial charge in [-0.25, -0.2) is 4.98 Å². The number of esters is 1. The molecular weight excluding hydrogens is 402 g/mol. The number of nitrogens with two attached hydrogens (primary N) is 1. The van der Waals surface area contributed by atoms with Gasteiger partial charge >= 0.3 is 5.97 Å². The van der Waals surface area contributed by atoms with Gasteiger partial charge in [0.25, 0.3) is 5.91 Å². The molecule has 0 aliphatic carbocycles. The van der Waals surface area contributed by atoms with Crippen LogP contribution in [0.3, 0.4) is 0 Å². The number of carbonyl (C=O) groups is 2. The molecule has 0 saturated heterocycles. The van der Waals surface area contributed by atoms with E-state index in [-0.39, 0.29) is 18.3 Å². The molecule has 0 radical (unpaired) electrons. The molecule has 32 heavy (non-hydrogen) atoms. The largest absolute Gasteiger partial charge is 0.466 e. The predicted molar refractivity (Wildman–Crippen MR) is 130 cm³/mol. The van der Waals surface area contributed by atoms with E-state index in [2.05, 4.69) is 23.3 Å². The summed E-state index contributed by atoms with van der Waals surface area (Å²) < 4.78 is 4.79. The number of hydrogen-bond acceptors (Lipinski definition) is 5. The number of fused-ring (bicyclic) bond motifs is 1. The molecule has 0 aliphatic heterocycles. The Hall–Kier alpha value is -3.41. The van der Waals surface area contributed by atoms with Gasteiger partial charge in [0.05, 0.1) is 18.5 Å². The maximum absolute atomic E-state index is 11.8. The van der Waals surface area contributed by atoms with Crippen LogP contribution < -0.4 is 11.1 Å². The van der Waals surface area contributed by atoms with Crippen molar-refractivity contribution in [3.05, 3.63) is 71.3 Å². The minimum Gasteiger partial charge on any atom is -0.466 e. The van der Waals surface area contributed by atoms with Crippen LogP contribution in [-0.4, -0.2) is 30.0 Å². The van der Waals surface area contributed by atoms with E-state index in [4.69, 9.17) is 10.5 Å². The number of nitrogens with one attached hydrogen (secondary N) is 1. The summed E-state index contributed by atoms with van der Waals surface area (Å²) >= 11 is 0. The van der Waals surface area contributed by atoms with Crippen LogP contribution in [0.15, 0.2) is 54.6 Å². The first kappa shape index (κ1) is 24.9. The topological polar surface area (TPSA) is 94.3 Å². The van der Waals surface area contributed by atoms with Gasteiger partial charge < -0.3 is 15.8 Å². The summed E-state index contributed by atoms with van der Waals surface area (Å²) in [5.74, 6) is 0.174. The lowest BCUT2D eigenvalue weighted by molar-refractivity contribution is -0.142. The van der Waals surface area contributed by atoms with E-state index in [0.29, 0.717) is 24.5 Å². The van der Waals surface area contributed by atoms with E-state index >= 15 is 0 Å². The molecule has 0 aliphatic rings. The number of aryl methyl sites for hydroxylation is 2. The van der Waals surface area contributed by atoms with Crippen molar-refractivity contribution in [1.29, 1.82) is 0 Å². The van der Waals surface area contributed by atoms with Gasteiger partial charge in [0.1, 0.15) is 5.82 Å². The molecule has 0 spiro atoms. The second kappa shape index (κ2) is 13.1. The summed E-state index contributed by atoms with van der Waals surface area (Å²) in [7, 11) is 0. The fraction of sp³-hybridized carbons (Fsp3) is 0.346. The van der Waals surface area contributed by atoms with Crippen LogP contribution in [0.2, 0.25) is 0 Å². The lowest BCUT2D eigenvalue weighted by Crippen LogP contribution is -2.26. The number of ether oxygens (including phenoxy) is 1. The Balaban J connectivity index is 0.000000255. The highest BCUT2D eigenvalue weighted by Crippen LogP contribution is 2.16. The number of para-hydroxylation sites is 1. The van der Waals surface area contributed by atoms with Gasteiger partial charge in [0.2, 0.25) is 0 Å². The quantitative estimate of drug-likeness (QED) is 0.494. The number of nitrogen functional groups attached to an aromatic ring is 1. The molecule has 1 amide bonds. The van der Waals surface area contributed by atoms with Crippen LogP contribution in [0.4, 0.5) is 5.82 Å². The number of anilines is 1. The third-order valence-electron chi connectivity index (χ3n) is 4.91. The molecule has 0 saturated carbocycles. The number of nitrogens with zero attached hydrogens (tertiary/aromatic N) is 1. The maximum atomic E-state index is 11.8.